The number of unbranched alkanes of at least 4 members (excludes halogenated alkanes) is 5. The zero-order chi connectivity index (χ0) is 42.1. The SMILES string of the molecule is C=C.C=CC.C=CC(CCCCC)C(C)c1ccccc1C.CC.CC.CC.CCC.CCC(C)(C)C.CCCCCC.Cc1ccccc1C. The molecule has 51 heavy (non-hydrogen) atoms. The Morgan fingerprint density at radius 2 is 0.863 bits per heavy atom. The zero-order valence-electron chi connectivity index (χ0n) is 39.3. The first-order chi connectivity index (χ1) is 24.3. The number of allylic oxidation sites excluding steroid dienone is 2. The Bertz CT molecular complexity index is 825. The Morgan fingerprint density at radius 3 is 1.10 bits per heavy atom. The molecular formula is C51H100. The van der Waals surface area contributed by atoms with Crippen LogP contribution in [-0.2, 0) is 0 Å². The maximum absolute atomic E-state index is 4.02. The molecule has 2 aromatic rings. The van der Waals surface area contributed by atoms with E-state index in [1.807, 2.05) is 48.5 Å². The van der Waals surface area contributed by atoms with Crippen molar-refractivity contribution >= 4 is 0 Å². The summed E-state index contributed by atoms with van der Waals surface area (Å²) >= 11 is 0. The molecule has 0 nitrogen and oxygen atoms in total. The number of benzene rings is 2. The number of hydrogen-bond donors (Lipinski definition) is 0. The highest BCUT2D eigenvalue weighted by molar-refractivity contribution is 5.29. The van der Waals surface area contributed by atoms with Crippen LogP contribution in [-0.4, -0.2) is 0 Å². The van der Waals surface area contributed by atoms with Crippen LogP contribution in [0.1, 0.15) is 210 Å². The third-order valence-corrected chi connectivity index (χ3v) is 7.21. The van der Waals surface area contributed by atoms with E-state index in [0.717, 1.165) is 0 Å². The number of aryl methyl sites for hydroxylation is 3. The van der Waals surface area contributed by atoms with Crippen molar-refractivity contribution in [2.45, 2.75) is 209 Å². The molecule has 2 unspecified atom stereocenters. The summed E-state index contributed by atoms with van der Waals surface area (Å²) in [5.41, 5.74) is 6.16. The third kappa shape index (κ3) is 60.1. The summed E-state index contributed by atoms with van der Waals surface area (Å²) in [4.78, 5) is 0. The summed E-state index contributed by atoms with van der Waals surface area (Å²) < 4.78 is 0. The van der Waals surface area contributed by atoms with Crippen molar-refractivity contribution in [2.75, 3.05) is 0 Å². The fourth-order valence-corrected chi connectivity index (χ4v) is 3.69. The predicted molar refractivity (Wildman–Crippen MR) is 250 cm³/mol. The molecule has 0 bridgehead atoms. The van der Waals surface area contributed by atoms with Crippen LogP contribution < -0.4 is 0 Å². The molecule has 0 radical (unpaired) electrons. The molecule has 0 heterocycles. The third-order valence-electron chi connectivity index (χ3n) is 7.21. The number of rotatable bonds is 10. The molecule has 0 heteroatoms. The van der Waals surface area contributed by atoms with Crippen LogP contribution in [0.5, 0.6) is 0 Å². The van der Waals surface area contributed by atoms with E-state index in [2.05, 4.69) is 171 Å². The van der Waals surface area contributed by atoms with Gasteiger partial charge in [0.25, 0.3) is 0 Å². The molecule has 2 atom stereocenters. The summed E-state index contributed by atoms with van der Waals surface area (Å²) in [6.07, 6.45) is 17.2. The van der Waals surface area contributed by atoms with Gasteiger partial charge in [-0.2, -0.15) is 0 Å². The second-order valence-corrected chi connectivity index (χ2v) is 12.9. The van der Waals surface area contributed by atoms with Gasteiger partial charge in [-0.15, -0.1) is 26.3 Å². The highest BCUT2D eigenvalue weighted by Gasteiger charge is 2.16. The average molecular weight is 713 g/mol. The molecule has 0 fully saturated rings. The van der Waals surface area contributed by atoms with Gasteiger partial charge in [-0.05, 0) is 73.6 Å². The molecule has 304 valence electrons. The Morgan fingerprint density at radius 1 is 0.588 bits per heavy atom. The monoisotopic (exact) mass is 713 g/mol. The van der Waals surface area contributed by atoms with Crippen molar-refractivity contribution in [3.63, 3.8) is 0 Å². The lowest BCUT2D eigenvalue weighted by Crippen LogP contribution is -2.09. The van der Waals surface area contributed by atoms with Crippen LogP contribution in [0.4, 0.5) is 0 Å². The van der Waals surface area contributed by atoms with Crippen molar-refractivity contribution in [3.05, 3.63) is 109 Å². The van der Waals surface area contributed by atoms with Crippen molar-refractivity contribution in [1.29, 1.82) is 0 Å². The normalized spacial score (nSPS) is 9.73. The van der Waals surface area contributed by atoms with Gasteiger partial charge < -0.3 is 0 Å². The minimum atomic E-state index is 0.542. The standard InChI is InChI=1S/C17H26.C8H10.2C6H14.C3H8.C3H6.3C2H6.C2H4/c1-5-7-8-12-16(6-2)15(4)17-13-10-9-11-14(17)3;1-7-5-3-4-6-8(7)2;1-5-6(2,3)4;1-3-5-6-4-2;2*1-3-2;4*1-2/h6,9-11,13,15-16H,2,5,7-8,12H2,1,3-4H3;3-6H,1-2H3;5H2,1-4H3;3-6H2,1-2H3;3H2,1-2H3;3H,1H2,2H3;3*1-2H3;1-2H2. The fourth-order valence-electron chi connectivity index (χ4n) is 3.69. The molecule has 0 amide bonds. The maximum Gasteiger partial charge on any atom is -0.0125 e. The fraction of sp³-hybridized carbons (Fsp3) is 0.647. The zero-order valence-corrected chi connectivity index (χ0v) is 39.3. The molecule has 0 aliphatic rings. The van der Waals surface area contributed by atoms with Crippen molar-refractivity contribution in [1.82, 2.24) is 0 Å². The van der Waals surface area contributed by atoms with E-state index in [4.69, 9.17) is 0 Å². The van der Waals surface area contributed by atoms with Gasteiger partial charge >= 0.3 is 0 Å². The minimum Gasteiger partial charge on any atom is -0.106 e. The van der Waals surface area contributed by atoms with Gasteiger partial charge in [0.2, 0.25) is 0 Å². The molecule has 2 rings (SSSR count). The number of hydrogen-bond acceptors (Lipinski definition) is 0. The van der Waals surface area contributed by atoms with Crippen LogP contribution in [0, 0.1) is 32.1 Å². The minimum absolute atomic E-state index is 0.542. The lowest BCUT2D eigenvalue weighted by molar-refractivity contribution is 0.398. The lowest BCUT2D eigenvalue weighted by Gasteiger charge is -2.22. The first-order valence-corrected chi connectivity index (χ1v) is 21.1. The highest BCUT2D eigenvalue weighted by atomic mass is 14.2. The van der Waals surface area contributed by atoms with E-state index in [1.54, 1.807) is 6.08 Å². The van der Waals surface area contributed by atoms with Gasteiger partial charge in [0, 0.05) is 0 Å². The topological polar surface area (TPSA) is 0 Å². The van der Waals surface area contributed by atoms with Gasteiger partial charge in [-0.25, -0.2) is 0 Å². The molecule has 0 aliphatic carbocycles. The second-order valence-electron chi connectivity index (χ2n) is 12.9. The summed E-state index contributed by atoms with van der Waals surface area (Å²) in [6, 6.07) is 17.1. The van der Waals surface area contributed by atoms with Crippen molar-refractivity contribution < 1.29 is 0 Å². The van der Waals surface area contributed by atoms with Gasteiger partial charge in [0.15, 0.2) is 0 Å². The average Bonchev–Trinajstić information content (AvgIpc) is 3.15. The molecule has 0 aliphatic heterocycles. The second kappa shape index (κ2) is 59.8. The van der Waals surface area contributed by atoms with E-state index in [1.165, 1.54) is 86.5 Å². The first kappa shape index (κ1) is 66.9. The predicted octanol–water partition coefficient (Wildman–Crippen LogP) is 19.3. The molecule has 0 aromatic heterocycles. The maximum atomic E-state index is 4.02. The van der Waals surface area contributed by atoms with Crippen LogP contribution in [0.3, 0.4) is 0 Å². The van der Waals surface area contributed by atoms with Crippen molar-refractivity contribution in [2.24, 2.45) is 11.3 Å². The van der Waals surface area contributed by atoms with E-state index < -0.39 is 0 Å². The molecule has 0 spiro atoms. The van der Waals surface area contributed by atoms with E-state index in [9.17, 15) is 0 Å². The van der Waals surface area contributed by atoms with Gasteiger partial charge in [0.05, 0.1) is 0 Å². The highest BCUT2D eigenvalue weighted by Crippen LogP contribution is 2.31. The van der Waals surface area contributed by atoms with Crippen LogP contribution in [0.2, 0.25) is 0 Å². The van der Waals surface area contributed by atoms with Crippen LogP contribution >= 0.6 is 0 Å². The van der Waals surface area contributed by atoms with Gasteiger partial charge in [-0.3, -0.25) is 0 Å². The Labute approximate surface area is 328 Å². The summed E-state index contributed by atoms with van der Waals surface area (Å²) in [7, 11) is 0. The van der Waals surface area contributed by atoms with Gasteiger partial charge in [0.1, 0.15) is 0 Å². The Balaban J connectivity index is -0.0000000769. The van der Waals surface area contributed by atoms with Crippen LogP contribution in [0.25, 0.3) is 0 Å². The van der Waals surface area contributed by atoms with E-state index in [0.29, 0.717) is 17.3 Å². The van der Waals surface area contributed by atoms with E-state index in [-0.39, 0.29) is 0 Å². The Kier molecular flexibility index (Phi) is 78.4. The van der Waals surface area contributed by atoms with Gasteiger partial charge in [-0.1, -0.05) is 229 Å². The molecule has 0 N–H and O–H groups in total. The molecule has 2 aromatic carbocycles. The smallest absolute Gasteiger partial charge is 0.0125 e. The molecule has 0 saturated carbocycles. The van der Waals surface area contributed by atoms with Crippen LogP contribution in [0.15, 0.2) is 87.0 Å². The first-order valence-electron chi connectivity index (χ1n) is 21.1. The summed E-state index contributed by atoms with van der Waals surface area (Å²) in [6.45, 7) is 56.0. The largest absolute Gasteiger partial charge is 0.106 e. The summed E-state index contributed by atoms with van der Waals surface area (Å²) in [5, 5.41) is 0. The molecular weight excluding hydrogens is 613 g/mol. The molecule has 0 saturated heterocycles. The van der Waals surface area contributed by atoms with Crippen molar-refractivity contribution in [3.8, 4) is 0 Å². The quantitative estimate of drug-likeness (QED) is 0.170. The van der Waals surface area contributed by atoms with E-state index >= 15 is 0 Å². The summed E-state index contributed by atoms with van der Waals surface area (Å²) in [5.74, 6) is 1.20. The Hall–Kier alpha value is -2.34. The lowest BCUT2D eigenvalue weighted by atomic mass is 9.82.